The van der Waals surface area contributed by atoms with E-state index in [4.69, 9.17) is 0 Å². The number of hydrogen-bond acceptors (Lipinski definition) is 2. The van der Waals surface area contributed by atoms with Gasteiger partial charge in [0, 0.05) is 13.1 Å². The third kappa shape index (κ3) is 6.55. The maximum atomic E-state index is 11.0. The average molecular weight is 278 g/mol. The van der Waals surface area contributed by atoms with Crippen molar-refractivity contribution in [3.8, 4) is 0 Å². The number of hydrogen-bond donors (Lipinski definition) is 2. The fourth-order valence-electron chi connectivity index (χ4n) is 2.75. The second-order valence-electron chi connectivity index (χ2n) is 5.45. The van der Waals surface area contributed by atoms with Crippen molar-refractivity contribution in [1.29, 1.82) is 0 Å². The van der Waals surface area contributed by atoms with Gasteiger partial charge in [0.2, 0.25) is 11.8 Å². The predicted octanol–water partition coefficient (Wildman–Crippen LogP) is 2.18. The molecule has 0 saturated heterocycles. The van der Waals surface area contributed by atoms with E-state index in [-0.39, 0.29) is 11.8 Å². The first-order valence-corrected chi connectivity index (χ1v) is 7.46. The molecule has 0 heterocycles. The summed E-state index contributed by atoms with van der Waals surface area (Å²) in [6, 6.07) is 0. The maximum absolute atomic E-state index is 11.0. The van der Waals surface area contributed by atoms with Crippen LogP contribution in [0.2, 0.25) is 0 Å². The second kappa shape index (κ2) is 9.34. The van der Waals surface area contributed by atoms with Crippen molar-refractivity contribution in [2.24, 2.45) is 11.8 Å². The van der Waals surface area contributed by atoms with Gasteiger partial charge in [-0.05, 0) is 36.8 Å². The molecule has 2 N–H and O–H groups in total. The van der Waals surface area contributed by atoms with Crippen molar-refractivity contribution >= 4 is 11.8 Å². The molecular weight excluding hydrogens is 252 g/mol. The molecule has 0 aromatic carbocycles. The van der Waals surface area contributed by atoms with Crippen LogP contribution in [0.3, 0.4) is 0 Å². The van der Waals surface area contributed by atoms with Crippen LogP contribution in [-0.4, -0.2) is 24.9 Å². The largest absolute Gasteiger partial charge is 0.353 e. The van der Waals surface area contributed by atoms with Crippen molar-refractivity contribution in [2.75, 3.05) is 13.1 Å². The molecule has 4 nitrogen and oxygen atoms in total. The lowest BCUT2D eigenvalue weighted by Gasteiger charge is -2.28. The van der Waals surface area contributed by atoms with Crippen LogP contribution in [0.4, 0.5) is 0 Å². The van der Waals surface area contributed by atoms with E-state index in [2.05, 4.69) is 23.8 Å². The van der Waals surface area contributed by atoms with Crippen LogP contribution in [-0.2, 0) is 9.59 Å². The van der Waals surface area contributed by atoms with E-state index in [0.29, 0.717) is 0 Å². The Balaban J connectivity index is 2.07. The van der Waals surface area contributed by atoms with Gasteiger partial charge in [-0.2, -0.15) is 0 Å². The van der Waals surface area contributed by atoms with Crippen molar-refractivity contribution < 1.29 is 9.59 Å². The molecule has 0 aliphatic heterocycles. The summed E-state index contributed by atoms with van der Waals surface area (Å²) in [4.78, 5) is 22.1. The average Bonchev–Trinajstić information content (AvgIpc) is 2.48. The van der Waals surface area contributed by atoms with Crippen LogP contribution in [0.5, 0.6) is 0 Å². The summed E-state index contributed by atoms with van der Waals surface area (Å²) < 4.78 is 0. The highest BCUT2D eigenvalue weighted by Crippen LogP contribution is 2.32. The molecule has 1 rings (SSSR count). The molecule has 1 saturated carbocycles. The molecule has 0 aromatic rings. The fraction of sp³-hybridized carbons (Fsp3) is 0.625. The summed E-state index contributed by atoms with van der Waals surface area (Å²) in [6.45, 7) is 8.36. The minimum atomic E-state index is -0.0864. The Kier molecular flexibility index (Phi) is 7.70. The van der Waals surface area contributed by atoms with E-state index in [0.717, 1.165) is 37.8 Å². The second-order valence-corrected chi connectivity index (χ2v) is 5.45. The van der Waals surface area contributed by atoms with Crippen molar-refractivity contribution in [1.82, 2.24) is 10.6 Å². The number of amides is 2. The molecule has 0 bridgehead atoms. The predicted molar refractivity (Wildman–Crippen MR) is 81.1 cm³/mol. The zero-order valence-corrected chi connectivity index (χ0v) is 12.2. The monoisotopic (exact) mass is 278 g/mol. The Morgan fingerprint density at radius 3 is 1.50 bits per heavy atom. The maximum Gasteiger partial charge on any atom is 0.243 e. The lowest BCUT2D eigenvalue weighted by atomic mass is 9.79. The Bertz CT molecular complexity index is 310. The molecule has 0 atom stereocenters. The van der Waals surface area contributed by atoms with Gasteiger partial charge in [-0.3, -0.25) is 9.59 Å². The third-order valence-corrected chi connectivity index (χ3v) is 4.04. The van der Waals surface area contributed by atoms with Crippen molar-refractivity contribution in [3.63, 3.8) is 0 Å². The lowest BCUT2D eigenvalue weighted by Crippen LogP contribution is -2.27. The first kappa shape index (κ1) is 16.5. The fourth-order valence-corrected chi connectivity index (χ4v) is 2.75. The highest BCUT2D eigenvalue weighted by atomic mass is 16.2. The number of carbonyl (C=O) groups excluding carboxylic acids is 2. The van der Waals surface area contributed by atoms with Gasteiger partial charge in [0.15, 0.2) is 0 Å². The van der Waals surface area contributed by atoms with E-state index in [1.165, 1.54) is 37.8 Å². The molecule has 4 heteroatoms. The van der Waals surface area contributed by atoms with E-state index >= 15 is 0 Å². The number of rotatable bonds is 8. The van der Waals surface area contributed by atoms with Gasteiger partial charge in [-0.15, -0.1) is 0 Å². The Hall–Kier alpha value is -1.58. The van der Waals surface area contributed by atoms with E-state index in [9.17, 15) is 9.59 Å². The standard InChI is InChI=1S/C16H26N2O2/c1-3-15(19)17-11-9-13-5-7-14(8-6-13)10-12-18-16(20)4-2/h3-4,13-14H,1-2,5-12H2,(H,17,19)(H,18,20). The van der Waals surface area contributed by atoms with Crippen LogP contribution in [0, 0.1) is 11.8 Å². The summed E-state index contributed by atoms with van der Waals surface area (Å²) in [5.74, 6) is 1.27. The molecule has 0 aromatic heterocycles. The van der Waals surface area contributed by atoms with Gasteiger partial charge in [0.05, 0.1) is 0 Å². The lowest BCUT2D eigenvalue weighted by molar-refractivity contribution is -0.117. The van der Waals surface area contributed by atoms with Gasteiger partial charge in [-0.1, -0.05) is 38.8 Å². The summed E-state index contributed by atoms with van der Waals surface area (Å²) in [5, 5.41) is 5.66. The Morgan fingerprint density at radius 2 is 1.20 bits per heavy atom. The van der Waals surface area contributed by atoms with Crippen molar-refractivity contribution in [2.45, 2.75) is 38.5 Å². The zero-order valence-electron chi connectivity index (χ0n) is 12.2. The zero-order chi connectivity index (χ0) is 14.8. The van der Waals surface area contributed by atoms with E-state index in [1.807, 2.05) is 0 Å². The highest BCUT2D eigenvalue weighted by molar-refractivity contribution is 5.87. The molecular formula is C16H26N2O2. The van der Waals surface area contributed by atoms with Crippen LogP contribution in [0.25, 0.3) is 0 Å². The van der Waals surface area contributed by atoms with E-state index < -0.39 is 0 Å². The van der Waals surface area contributed by atoms with Gasteiger partial charge in [-0.25, -0.2) is 0 Å². The normalized spacial score (nSPS) is 21.8. The smallest absolute Gasteiger partial charge is 0.243 e. The molecule has 1 fully saturated rings. The summed E-state index contributed by atoms with van der Waals surface area (Å²) in [6.07, 6.45) is 9.64. The molecule has 0 radical (unpaired) electrons. The highest BCUT2D eigenvalue weighted by Gasteiger charge is 2.20. The third-order valence-electron chi connectivity index (χ3n) is 4.04. The quantitative estimate of drug-likeness (QED) is 0.669. The number of nitrogens with one attached hydrogen (secondary N) is 2. The minimum absolute atomic E-state index is 0.0864. The topological polar surface area (TPSA) is 58.2 Å². The Labute approximate surface area is 121 Å². The summed E-state index contributed by atoms with van der Waals surface area (Å²) in [7, 11) is 0. The molecule has 112 valence electrons. The van der Waals surface area contributed by atoms with Gasteiger partial charge < -0.3 is 10.6 Å². The SMILES string of the molecule is C=CC(=O)NCCC1CCC(CCNC(=O)C=C)CC1. The van der Waals surface area contributed by atoms with Crippen LogP contribution < -0.4 is 10.6 Å². The van der Waals surface area contributed by atoms with Gasteiger partial charge in [0.25, 0.3) is 0 Å². The van der Waals surface area contributed by atoms with Crippen LogP contribution >= 0.6 is 0 Å². The minimum Gasteiger partial charge on any atom is -0.353 e. The molecule has 1 aliphatic carbocycles. The van der Waals surface area contributed by atoms with Crippen molar-refractivity contribution in [3.05, 3.63) is 25.3 Å². The first-order chi connectivity index (χ1) is 9.65. The molecule has 20 heavy (non-hydrogen) atoms. The Morgan fingerprint density at radius 1 is 0.850 bits per heavy atom. The molecule has 0 spiro atoms. The first-order valence-electron chi connectivity index (χ1n) is 7.46. The van der Waals surface area contributed by atoms with Gasteiger partial charge in [0.1, 0.15) is 0 Å². The molecule has 0 unspecified atom stereocenters. The molecule has 2 amide bonds. The van der Waals surface area contributed by atoms with Crippen LogP contribution in [0.1, 0.15) is 38.5 Å². The van der Waals surface area contributed by atoms with Crippen LogP contribution in [0.15, 0.2) is 25.3 Å². The van der Waals surface area contributed by atoms with Gasteiger partial charge >= 0.3 is 0 Å². The summed E-state index contributed by atoms with van der Waals surface area (Å²) >= 11 is 0. The number of carbonyl (C=O) groups is 2. The molecule has 1 aliphatic rings. The van der Waals surface area contributed by atoms with E-state index in [1.54, 1.807) is 0 Å². The summed E-state index contributed by atoms with van der Waals surface area (Å²) in [5.41, 5.74) is 0.